The Morgan fingerprint density at radius 1 is 1.33 bits per heavy atom. The molecule has 5 nitrogen and oxygen atoms in total. The van der Waals surface area contributed by atoms with Gasteiger partial charge in [-0.3, -0.25) is 4.79 Å². The van der Waals surface area contributed by atoms with Gasteiger partial charge in [0.2, 0.25) is 15.9 Å². The van der Waals surface area contributed by atoms with Gasteiger partial charge in [0.15, 0.2) is 0 Å². The van der Waals surface area contributed by atoms with Crippen LogP contribution in [0.25, 0.3) is 0 Å². The molecule has 100 valence electrons. The number of hydrogen-bond donors (Lipinski definition) is 2. The summed E-state index contributed by atoms with van der Waals surface area (Å²) in [6.45, 7) is 5.48. The number of hydrogen-bond acceptors (Lipinski definition) is 3. The van der Waals surface area contributed by atoms with Gasteiger partial charge in [-0.15, -0.1) is 0 Å². The highest BCUT2D eigenvalue weighted by Gasteiger charge is 2.26. The first-order valence-electron chi connectivity index (χ1n) is 5.62. The molecule has 0 heterocycles. The van der Waals surface area contributed by atoms with Crippen LogP contribution < -0.4 is 10.5 Å². The summed E-state index contributed by atoms with van der Waals surface area (Å²) < 4.78 is 22.8. The van der Waals surface area contributed by atoms with Crippen molar-refractivity contribution in [3.05, 3.63) is 24.3 Å². The van der Waals surface area contributed by atoms with Gasteiger partial charge in [0, 0.05) is 5.41 Å². The Kier molecular flexibility index (Phi) is 4.13. The van der Waals surface area contributed by atoms with E-state index in [2.05, 4.69) is 5.32 Å². The Labute approximate surface area is 107 Å². The molecule has 0 unspecified atom stereocenters. The smallest absolute Gasteiger partial charge is 0.240 e. The number of rotatable bonds is 4. The molecule has 18 heavy (non-hydrogen) atoms. The van der Waals surface area contributed by atoms with Crippen LogP contribution in [0.2, 0.25) is 0 Å². The van der Waals surface area contributed by atoms with E-state index in [1.165, 1.54) is 12.1 Å². The van der Waals surface area contributed by atoms with Gasteiger partial charge < -0.3 is 5.32 Å². The topological polar surface area (TPSA) is 89.3 Å². The maximum Gasteiger partial charge on any atom is 0.240 e. The lowest BCUT2D eigenvalue weighted by Crippen LogP contribution is -2.30. The van der Waals surface area contributed by atoms with Crippen LogP contribution in [-0.2, 0) is 14.8 Å². The molecule has 0 radical (unpaired) electrons. The average molecular weight is 270 g/mol. The molecule has 0 saturated heterocycles. The molecule has 0 bridgehead atoms. The van der Waals surface area contributed by atoms with Crippen LogP contribution in [0.15, 0.2) is 29.2 Å². The van der Waals surface area contributed by atoms with E-state index in [0.717, 1.165) is 0 Å². The Balaban J connectivity index is 3.11. The van der Waals surface area contributed by atoms with Crippen LogP contribution in [0.3, 0.4) is 0 Å². The van der Waals surface area contributed by atoms with Crippen LogP contribution in [0.1, 0.15) is 27.2 Å². The van der Waals surface area contributed by atoms with Gasteiger partial charge in [-0.25, -0.2) is 13.6 Å². The zero-order chi connectivity index (χ0) is 14.0. The van der Waals surface area contributed by atoms with Crippen molar-refractivity contribution >= 4 is 21.6 Å². The van der Waals surface area contributed by atoms with Crippen molar-refractivity contribution in [1.29, 1.82) is 0 Å². The number of nitrogens with two attached hydrogens (primary N) is 1. The van der Waals surface area contributed by atoms with E-state index in [-0.39, 0.29) is 16.5 Å². The second kappa shape index (κ2) is 5.07. The number of benzene rings is 1. The second-order valence-corrected chi connectivity index (χ2v) is 6.26. The summed E-state index contributed by atoms with van der Waals surface area (Å²) in [5.74, 6) is -0.235. The molecule has 0 fully saturated rings. The molecule has 1 rings (SSSR count). The number of sulfonamides is 1. The third-order valence-corrected chi connectivity index (χ3v) is 3.91. The zero-order valence-electron chi connectivity index (χ0n) is 10.7. The number of anilines is 1. The summed E-state index contributed by atoms with van der Waals surface area (Å²) in [6, 6.07) is 6.08. The fraction of sp³-hybridized carbons (Fsp3) is 0.417. The Morgan fingerprint density at radius 2 is 1.89 bits per heavy atom. The molecular formula is C12H18N2O3S. The van der Waals surface area contributed by atoms with Crippen LogP contribution in [0.4, 0.5) is 5.69 Å². The van der Waals surface area contributed by atoms with Crippen molar-refractivity contribution in [3.8, 4) is 0 Å². The highest BCUT2D eigenvalue weighted by atomic mass is 32.2. The van der Waals surface area contributed by atoms with Crippen LogP contribution in [0.5, 0.6) is 0 Å². The van der Waals surface area contributed by atoms with Crippen molar-refractivity contribution < 1.29 is 13.2 Å². The summed E-state index contributed by atoms with van der Waals surface area (Å²) in [5.41, 5.74) is -0.350. The molecule has 0 saturated carbocycles. The lowest BCUT2D eigenvalue weighted by molar-refractivity contribution is -0.124. The van der Waals surface area contributed by atoms with Crippen LogP contribution in [0, 0.1) is 5.41 Å². The molecule has 0 aliphatic heterocycles. The average Bonchev–Trinajstić information content (AvgIpc) is 2.28. The molecule has 0 aliphatic rings. The number of carbonyl (C=O) groups excluding carboxylic acids is 1. The molecule has 0 aromatic heterocycles. The third-order valence-electron chi connectivity index (χ3n) is 2.94. The summed E-state index contributed by atoms with van der Waals surface area (Å²) in [7, 11) is -3.85. The SMILES string of the molecule is CCC(C)(C)C(=O)Nc1ccccc1S(N)(=O)=O. The van der Waals surface area contributed by atoms with Crippen molar-refractivity contribution in [2.24, 2.45) is 10.6 Å². The van der Waals surface area contributed by atoms with Crippen molar-refractivity contribution in [2.75, 3.05) is 5.32 Å². The maximum absolute atomic E-state index is 12.0. The zero-order valence-corrected chi connectivity index (χ0v) is 11.5. The number of amides is 1. The summed E-state index contributed by atoms with van der Waals surface area (Å²) in [6.07, 6.45) is 0.649. The number of para-hydroxylation sites is 1. The second-order valence-electron chi connectivity index (χ2n) is 4.73. The predicted molar refractivity (Wildman–Crippen MR) is 70.5 cm³/mol. The number of nitrogens with one attached hydrogen (secondary N) is 1. The fourth-order valence-corrected chi connectivity index (χ4v) is 1.96. The van der Waals surface area contributed by atoms with Gasteiger partial charge in [-0.05, 0) is 18.6 Å². The largest absolute Gasteiger partial charge is 0.324 e. The highest BCUT2D eigenvalue weighted by Crippen LogP contribution is 2.25. The van der Waals surface area contributed by atoms with E-state index in [1.807, 2.05) is 6.92 Å². The Bertz CT molecular complexity index is 550. The fourth-order valence-electron chi connectivity index (χ4n) is 1.27. The first-order chi connectivity index (χ1) is 8.18. The van der Waals surface area contributed by atoms with Crippen molar-refractivity contribution in [3.63, 3.8) is 0 Å². The van der Waals surface area contributed by atoms with E-state index in [1.54, 1.807) is 26.0 Å². The lowest BCUT2D eigenvalue weighted by atomic mass is 9.89. The van der Waals surface area contributed by atoms with Gasteiger partial charge in [0.25, 0.3) is 0 Å². The van der Waals surface area contributed by atoms with Gasteiger partial charge in [0.05, 0.1) is 5.69 Å². The molecule has 1 aromatic rings. The quantitative estimate of drug-likeness (QED) is 0.872. The summed E-state index contributed by atoms with van der Waals surface area (Å²) in [5, 5.41) is 7.71. The standard InChI is InChI=1S/C12H18N2O3S/c1-4-12(2,3)11(15)14-9-7-5-6-8-10(9)18(13,16)17/h5-8H,4H2,1-3H3,(H,14,15)(H2,13,16,17). The first kappa shape index (κ1) is 14.7. The minimum atomic E-state index is -3.85. The van der Waals surface area contributed by atoms with Crippen LogP contribution in [-0.4, -0.2) is 14.3 Å². The molecule has 3 N–H and O–H groups in total. The maximum atomic E-state index is 12.0. The lowest BCUT2D eigenvalue weighted by Gasteiger charge is -2.22. The highest BCUT2D eigenvalue weighted by molar-refractivity contribution is 7.89. The summed E-state index contributed by atoms with van der Waals surface area (Å²) >= 11 is 0. The Morgan fingerprint density at radius 3 is 2.39 bits per heavy atom. The Hall–Kier alpha value is -1.40. The molecule has 1 amide bonds. The van der Waals surface area contributed by atoms with E-state index in [0.29, 0.717) is 6.42 Å². The minimum absolute atomic E-state index is 0.0785. The number of primary sulfonamides is 1. The molecule has 0 spiro atoms. The molecule has 0 aliphatic carbocycles. The van der Waals surface area contributed by atoms with Gasteiger partial charge in [0.1, 0.15) is 4.90 Å². The van der Waals surface area contributed by atoms with E-state index in [9.17, 15) is 13.2 Å². The molecule has 1 aromatic carbocycles. The first-order valence-corrected chi connectivity index (χ1v) is 7.16. The van der Waals surface area contributed by atoms with Gasteiger partial charge in [-0.2, -0.15) is 0 Å². The monoisotopic (exact) mass is 270 g/mol. The van der Waals surface area contributed by atoms with Crippen LogP contribution >= 0.6 is 0 Å². The van der Waals surface area contributed by atoms with Crippen molar-refractivity contribution in [2.45, 2.75) is 32.1 Å². The normalized spacial score (nSPS) is 12.2. The number of carbonyl (C=O) groups is 1. The van der Waals surface area contributed by atoms with E-state index in [4.69, 9.17) is 5.14 Å². The van der Waals surface area contributed by atoms with Gasteiger partial charge in [-0.1, -0.05) is 32.9 Å². The van der Waals surface area contributed by atoms with E-state index < -0.39 is 15.4 Å². The molecule has 0 atom stereocenters. The molecule has 6 heteroatoms. The summed E-state index contributed by atoms with van der Waals surface area (Å²) in [4.78, 5) is 11.9. The van der Waals surface area contributed by atoms with Gasteiger partial charge >= 0.3 is 0 Å². The predicted octanol–water partition coefficient (Wildman–Crippen LogP) is 1.71. The third kappa shape index (κ3) is 3.30. The van der Waals surface area contributed by atoms with Crippen molar-refractivity contribution in [1.82, 2.24) is 0 Å². The molecular weight excluding hydrogens is 252 g/mol. The minimum Gasteiger partial charge on any atom is -0.324 e. The van der Waals surface area contributed by atoms with E-state index >= 15 is 0 Å².